The summed E-state index contributed by atoms with van der Waals surface area (Å²) in [5.41, 5.74) is 2.01. The van der Waals surface area contributed by atoms with Crippen molar-refractivity contribution in [1.29, 1.82) is 0 Å². The lowest BCUT2D eigenvalue weighted by Crippen LogP contribution is -2.01. The number of hydrogen-bond donors (Lipinski definition) is 3. The Balaban J connectivity index is 1.70. The minimum atomic E-state index is 0.0210. The summed E-state index contributed by atoms with van der Waals surface area (Å²) in [5, 5.41) is 27.5. The van der Waals surface area contributed by atoms with E-state index >= 15 is 0 Å². The number of aromatic nitrogens is 4. The number of rotatable bonds is 4. The lowest BCUT2D eigenvalue weighted by molar-refractivity contribution is 0.373. The van der Waals surface area contributed by atoms with E-state index in [0.717, 1.165) is 11.1 Å². The molecule has 2 heterocycles. The average Bonchev–Trinajstić information content (AvgIpc) is 3.06. The van der Waals surface area contributed by atoms with Gasteiger partial charge in [-0.3, -0.25) is 0 Å². The summed E-state index contributed by atoms with van der Waals surface area (Å²) in [6.07, 6.45) is 3.34. The molecule has 0 saturated heterocycles. The molecule has 2 aromatic carbocycles. The number of aromatic hydroxyl groups is 2. The Bertz CT molecular complexity index is 1080. The molecule has 0 fully saturated rings. The van der Waals surface area contributed by atoms with Gasteiger partial charge >= 0.3 is 0 Å². The summed E-state index contributed by atoms with van der Waals surface area (Å²) >= 11 is 0. The highest BCUT2D eigenvalue weighted by molar-refractivity contribution is 5.77. The van der Waals surface area contributed by atoms with Gasteiger partial charge in [0, 0.05) is 18.0 Å². The Morgan fingerprint density at radius 2 is 1.85 bits per heavy atom. The first kappa shape index (κ1) is 15.7. The number of fused-ring (bicyclic) bond motifs is 1. The van der Waals surface area contributed by atoms with Gasteiger partial charge in [0.25, 0.3) is 0 Å². The van der Waals surface area contributed by atoms with Crippen molar-refractivity contribution in [3.63, 3.8) is 0 Å². The molecule has 3 N–H and O–H groups in total. The number of methoxy groups -OCH3 is 1. The molecule has 0 aliphatic carbocycles. The first-order chi connectivity index (χ1) is 12.6. The van der Waals surface area contributed by atoms with Crippen LogP contribution in [0.25, 0.3) is 16.7 Å². The highest BCUT2D eigenvalue weighted by atomic mass is 16.5. The molecule has 0 unspecified atom stereocenters. The van der Waals surface area contributed by atoms with Crippen LogP contribution in [0, 0.1) is 0 Å². The quantitative estimate of drug-likeness (QED) is 0.520. The van der Waals surface area contributed by atoms with E-state index in [1.807, 2.05) is 0 Å². The van der Waals surface area contributed by atoms with Gasteiger partial charge in [-0.25, -0.2) is 9.67 Å². The Morgan fingerprint density at radius 3 is 2.58 bits per heavy atom. The van der Waals surface area contributed by atoms with Crippen LogP contribution >= 0.6 is 0 Å². The van der Waals surface area contributed by atoms with Gasteiger partial charge < -0.3 is 20.3 Å². The monoisotopic (exact) mass is 349 g/mol. The van der Waals surface area contributed by atoms with Crippen LogP contribution in [0.5, 0.6) is 17.2 Å². The Morgan fingerprint density at radius 1 is 1.04 bits per heavy atom. The fourth-order valence-electron chi connectivity index (χ4n) is 2.56. The van der Waals surface area contributed by atoms with Crippen molar-refractivity contribution >= 4 is 22.7 Å². The van der Waals surface area contributed by atoms with E-state index in [4.69, 9.17) is 4.74 Å². The molecule has 0 bridgehead atoms. The number of anilines is 2. The van der Waals surface area contributed by atoms with Crippen LogP contribution < -0.4 is 10.1 Å². The molecule has 0 saturated carbocycles. The van der Waals surface area contributed by atoms with Crippen molar-refractivity contribution in [1.82, 2.24) is 19.7 Å². The first-order valence-corrected chi connectivity index (χ1v) is 7.78. The third-order valence-electron chi connectivity index (χ3n) is 3.84. The van der Waals surface area contributed by atoms with E-state index in [1.54, 1.807) is 53.5 Å². The van der Waals surface area contributed by atoms with Gasteiger partial charge in [-0.05, 0) is 36.4 Å². The van der Waals surface area contributed by atoms with E-state index in [2.05, 4.69) is 20.4 Å². The summed E-state index contributed by atoms with van der Waals surface area (Å²) in [4.78, 5) is 8.77. The van der Waals surface area contributed by atoms with Crippen LogP contribution in [0.3, 0.4) is 0 Å². The van der Waals surface area contributed by atoms with Crippen molar-refractivity contribution in [3.8, 4) is 22.9 Å². The van der Waals surface area contributed by atoms with Crippen molar-refractivity contribution in [2.75, 3.05) is 12.4 Å². The predicted octanol–water partition coefficient (Wildman–Crippen LogP) is 2.98. The summed E-state index contributed by atoms with van der Waals surface area (Å²) in [7, 11) is 1.49. The van der Waals surface area contributed by atoms with E-state index in [9.17, 15) is 10.2 Å². The van der Waals surface area contributed by atoms with Crippen LogP contribution in [-0.4, -0.2) is 37.1 Å². The topological polar surface area (TPSA) is 105 Å². The first-order valence-electron chi connectivity index (χ1n) is 7.78. The molecule has 4 aromatic rings. The molecule has 8 heteroatoms. The maximum absolute atomic E-state index is 9.88. The van der Waals surface area contributed by atoms with E-state index in [0.29, 0.717) is 23.0 Å². The summed E-state index contributed by atoms with van der Waals surface area (Å²) in [6, 6.07) is 11.6. The largest absolute Gasteiger partial charge is 0.508 e. The number of nitrogens with one attached hydrogen (secondary N) is 1. The number of benzene rings is 2. The molecule has 0 aliphatic heterocycles. The third-order valence-corrected chi connectivity index (χ3v) is 3.84. The maximum atomic E-state index is 9.88. The van der Waals surface area contributed by atoms with Crippen molar-refractivity contribution in [3.05, 3.63) is 54.9 Å². The minimum absolute atomic E-state index is 0.0210. The van der Waals surface area contributed by atoms with Crippen LogP contribution in [0.4, 0.5) is 11.6 Å². The molecule has 2 aromatic heterocycles. The van der Waals surface area contributed by atoms with Crippen LogP contribution in [0.15, 0.2) is 54.9 Å². The van der Waals surface area contributed by atoms with E-state index in [-0.39, 0.29) is 11.5 Å². The minimum Gasteiger partial charge on any atom is -0.508 e. The van der Waals surface area contributed by atoms with Gasteiger partial charge in [0.2, 0.25) is 5.95 Å². The molecule has 0 spiro atoms. The number of hydrogen-bond acceptors (Lipinski definition) is 7. The van der Waals surface area contributed by atoms with Crippen molar-refractivity contribution in [2.24, 2.45) is 0 Å². The zero-order valence-corrected chi connectivity index (χ0v) is 13.8. The summed E-state index contributed by atoms with van der Waals surface area (Å²) in [5.74, 6) is 0.953. The smallest absolute Gasteiger partial charge is 0.229 e. The van der Waals surface area contributed by atoms with Gasteiger partial charge in [0.1, 0.15) is 5.75 Å². The normalized spacial score (nSPS) is 10.8. The highest BCUT2D eigenvalue weighted by Gasteiger charge is 2.10. The predicted molar refractivity (Wildman–Crippen MR) is 96.3 cm³/mol. The van der Waals surface area contributed by atoms with Crippen LogP contribution in [0.1, 0.15) is 0 Å². The molecule has 8 nitrogen and oxygen atoms in total. The van der Waals surface area contributed by atoms with Gasteiger partial charge in [0.05, 0.1) is 24.4 Å². The number of phenols is 2. The van der Waals surface area contributed by atoms with Crippen LogP contribution in [0.2, 0.25) is 0 Å². The van der Waals surface area contributed by atoms with E-state index in [1.165, 1.54) is 13.2 Å². The second-order valence-electron chi connectivity index (χ2n) is 5.56. The average molecular weight is 349 g/mol. The lowest BCUT2D eigenvalue weighted by Gasteiger charge is -2.08. The molecular formula is C18H15N5O3. The van der Waals surface area contributed by atoms with Gasteiger partial charge in [-0.15, -0.1) is 0 Å². The lowest BCUT2D eigenvalue weighted by atomic mass is 10.3. The maximum Gasteiger partial charge on any atom is 0.229 e. The fourth-order valence-corrected chi connectivity index (χ4v) is 2.56. The number of ether oxygens (including phenoxy) is 1. The number of phenolic OH excluding ortho intramolecular Hbond substituents is 2. The van der Waals surface area contributed by atoms with Crippen LogP contribution in [-0.2, 0) is 0 Å². The third kappa shape index (κ3) is 2.84. The van der Waals surface area contributed by atoms with Gasteiger partial charge in [-0.1, -0.05) is 0 Å². The molecule has 130 valence electrons. The highest BCUT2D eigenvalue weighted by Crippen LogP contribution is 2.29. The zero-order valence-electron chi connectivity index (χ0n) is 13.8. The molecule has 0 radical (unpaired) electrons. The van der Waals surface area contributed by atoms with Gasteiger partial charge in [-0.2, -0.15) is 10.1 Å². The standard InChI is InChI=1S/C18H15N5O3/c1-26-16-7-2-12(8-15(16)25)21-18-19-9-11-10-20-23(17(11)22-18)13-3-5-14(24)6-4-13/h2-10,24-25H,1H3,(H,19,21,22). The van der Waals surface area contributed by atoms with Gasteiger partial charge in [0.15, 0.2) is 17.1 Å². The SMILES string of the molecule is COc1ccc(Nc2ncc3cnn(-c4ccc(O)cc4)c3n2)cc1O. The Labute approximate surface area is 148 Å². The summed E-state index contributed by atoms with van der Waals surface area (Å²) in [6.45, 7) is 0. The number of nitrogens with zero attached hydrogens (tertiary/aromatic N) is 4. The second-order valence-corrected chi connectivity index (χ2v) is 5.56. The Kier molecular flexibility index (Phi) is 3.77. The molecule has 0 atom stereocenters. The molecule has 0 amide bonds. The van der Waals surface area contributed by atoms with Crippen molar-refractivity contribution in [2.45, 2.75) is 0 Å². The second kappa shape index (κ2) is 6.25. The van der Waals surface area contributed by atoms with Crippen molar-refractivity contribution < 1.29 is 14.9 Å². The molecule has 26 heavy (non-hydrogen) atoms. The molecular weight excluding hydrogens is 334 g/mol. The Hall–Kier alpha value is -3.81. The molecule has 4 rings (SSSR count). The fraction of sp³-hybridized carbons (Fsp3) is 0.0556. The summed E-state index contributed by atoms with van der Waals surface area (Å²) < 4.78 is 6.69. The molecule has 0 aliphatic rings. The zero-order chi connectivity index (χ0) is 18.1. The van der Waals surface area contributed by atoms with E-state index < -0.39 is 0 Å².